The number of piperidine rings is 1. The van der Waals surface area contributed by atoms with Crippen LogP contribution in [0, 0.1) is 5.92 Å². The molecule has 94 valence electrons. The van der Waals surface area contributed by atoms with E-state index in [0.717, 1.165) is 24.3 Å². The lowest BCUT2D eigenvalue weighted by molar-refractivity contribution is 0.0177. The number of likely N-dealkylation sites (tertiary alicyclic amines) is 1. The fourth-order valence-electron chi connectivity index (χ4n) is 2.48. The molecule has 1 aliphatic rings. The Balaban J connectivity index is 1.98. The summed E-state index contributed by atoms with van der Waals surface area (Å²) in [4.78, 5) is 2.17. The Labute approximate surface area is 102 Å². The fourth-order valence-corrected chi connectivity index (χ4v) is 2.48. The molecule has 1 heterocycles. The highest BCUT2D eigenvalue weighted by atomic mass is 16.3. The predicted molar refractivity (Wildman–Crippen MR) is 67.3 cm³/mol. The van der Waals surface area contributed by atoms with Crippen LogP contribution in [0.1, 0.15) is 12.0 Å². The molecular formula is C13H20N2O2. The molecule has 1 fully saturated rings. The molecule has 1 saturated heterocycles. The highest BCUT2D eigenvalue weighted by Gasteiger charge is 2.25. The molecule has 1 aliphatic heterocycles. The highest BCUT2D eigenvalue weighted by molar-refractivity contribution is 5.40. The van der Waals surface area contributed by atoms with Gasteiger partial charge in [0.1, 0.15) is 0 Å². The van der Waals surface area contributed by atoms with Crippen molar-refractivity contribution in [1.82, 2.24) is 4.90 Å². The molecule has 0 spiro atoms. The van der Waals surface area contributed by atoms with Crippen LogP contribution in [0.5, 0.6) is 0 Å². The van der Waals surface area contributed by atoms with E-state index in [2.05, 4.69) is 4.90 Å². The summed E-state index contributed by atoms with van der Waals surface area (Å²) in [6.07, 6.45) is 0.367. The topological polar surface area (TPSA) is 69.7 Å². The maximum Gasteiger partial charge on any atom is 0.0671 e. The van der Waals surface area contributed by atoms with Crippen molar-refractivity contribution in [3.63, 3.8) is 0 Å². The van der Waals surface area contributed by atoms with Crippen molar-refractivity contribution in [2.24, 2.45) is 5.92 Å². The number of rotatable bonds is 3. The van der Waals surface area contributed by atoms with Crippen LogP contribution >= 0.6 is 0 Å². The summed E-state index contributed by atoms with van der Waals surface area (Å²) in [7, 11) is 0. The van der Waals surface area contributed by atoms with E-state index in [1.165, 1.54) is 0 Å². The second-order valence-corrected chi connectivity index (χ2v) is 4.88. The van der Waals surface area contributed by atoms with E-state index in [1.807, 2.05) is 24.3 Å². The number of nitrogens with zero attached hydrogens (tertiary/aromatic N) is 1. The number of benzene rings is 1. The summed E-state index contributed by atoms with van der Waals surface area (Å²) in [6.45, 7) is 2.43. The molecule has 0 radical (unpaired) electrons. The van der Waals surface area contributed by atoms with Crippen LogP contribution < -0.4 is 5.73 Å². The van der Waals surface area contributed by atoms with Gasteiger partial charge in [-0.05, 0) is 30.0 Å². The van der Waals surface area contributed by atoms with Gasteiger partial charge in [-0.25, -0.2) is 0 Å². The fraction of sp³-hybridized carbons (Fsp3) is 0.538. The minimum Gasteiger partial charge on any atom is -0.399 e. The van der Waals surface area contributed by atoms with Gasteiger partial charge in [0.25, 0.3) is 0 Å². The minimum atomic E-state index is -0.332. The Morgan fingerprint density at radius 2 is 2.18 bits per heavy atom. The van der Waals surface area contributed by atoms with E-state index in [1.54, 1.807) is 0 Å². The Kier molecular flexibility index (Phi) is 3.99. The van der Waals surface area contributed by atoms with E-state index >= 15 is 0 Å². The normalized spacial score (nSPS) is 26.0. The lowest BCUT2D eigenvalue weighted by Gasteiger charge is -2.34. The first kappa shape index (κ1) is 12.4. The monoisotopic (exact) mass is 236 g/mol. The van der Waals surface area contributed by atoms with Crippen molar-refractivity contribution in [2.75, 3.05) is 25.4 Å². The lowest BCUT2D eigenvalue weighted by atomic mass is 9.96. The summed E-state index contributed by atoms with van der Waals surface area (Å²) >= 11 is 0. The van der Waals surface area contributed by atoms with Crippen LogP contribution in [-0.4, -0.2) is 40.9 Å². The number of anilines is 1. The second kappa shape index (κ2) is 5.49. The molecule has 0 amide bonds. The van der Waals surface area contributed by atoms with Crippen LogP contribution in [-0.2, 0) is 6.54 Å². The van der Waals surface area contributed by atoms with Gasteiger partial charge in [0.15, 0.2) is 0 Å². The number of nitrogens with two attached hydrogens (primary N) is 1. The molecule has 0 aromatic heterocycles. The first-order chi connectivity index (χ1) is 8.17. The van der Waals surface area contributed by atoms with Crippen LogP contribution in [0.15, 0.2) is 24.3 Å². The molecule has 17 heavy (non-hydrogen) atoms. The molecule has 4 N–H and O–H groups in total. The Morgan fingerprint density at radius 3 is 2.88 bits per heavy atom. The molecule has 4 nitrogen and oxygen atoms in total. The largest absolute Gasteiger partial charge is 0.399 e. The summed E-state index contributed by atoms with van der Waals surface area (Å²) in [5, 5.41) is 18.9. The molecule has 2 rings (SSSR count). The lowest BCUT2D eigenvalue weighted by Crippen LogP contribution is -2.43. The van der Waals surface area contributed by atoms with Gasteiger partial charge in [0, 0.05) is 31.9 Å². The zero-order valence-corrected chi connectivity index (χ0v) is 9.92. The zero-order valence-electron chi connectivity index (χ0n) is 9.92. The molecule has 0 aliphatic carbocycles. The van der Waals surface area contributed by atoms with Crippen molar-refractivity contribution in [3.05, 3.63) is 29.8 Å². The predicted octanol–water partition coefficient (Wildman–Crippen LogP) is 0.444. The summed E-state index contributed by atoms with van der Waals surface area (Å²) in [6, 6.07) is 7.79. The number of aliphatic hydroxyl groups is 2. The second-order valence-electron chi connectivity index (χ2n) is 4.88. The van der Waals surface area contributed by atoms with Gasteiger partial charge in [0.05, 0.1) is 6.10 Å². The molecule has 2 atom stereocenters. The standard InChI is InChI=1S/C13H20N2O2/c14-12-3-1-2-10(4-12)6-15-7-11(9-16)5-13(17)8-15/h1-4,11,13,16-17H,5-9,14H2. The molecular weight excluding hydrogens is 216 g/mol. The molecule has 1 aromatic carbocycles. The van der Waals surface area contributed by atoms with E-state index in [4.69, 9.17) is 5.73 Å². The van der Waals surface area contributed by atoms with E-state index in [9.17, 15) is 10.2 Å². The van der Waals surface area contributed by atoms with Gasteiger partial charge in [-0.1, -0.05) is 12.1 Å². The number of nitrogen functional groups attached to an aromatic ring is 1. The van der Waals surface area contributed by atoms with Crippen LogP contribution in [0.25, 0.3) is 0 Å². The third kappa shape index (κ3) is 3.43. The molecule has 0 bridgehead atoms. The zero-order chi connectivity index (χ0) is 12.3. The molecule has 4 heteroatoms. The maximum absolute atomic E-state index is 9.74. The van der Waals surface area contributed by atoms with Crippen molar-refractivity contribution < 1.29 is 10.2 Å². The van der Waals surface area contributed by atoms with E-state index in [0.29, 0.717) is 13.0 Å². The van der Waals surface area contributed by atoms with Crippen molar-refractivity contribution in [1.29, 1.82) is 0 Å². The van der Waals surface area contributed by atoms with Gasteiger partial charge in [-0.15, -0.1) is 0 Å². The van der Waals surface area contributed by atoms with Crippen molar-refractivity contribution in [2.45, 2.75) is 19.1 Å². The summed E-state index contributed by atoms with van der Waals surface area (Å²) in [5.41, 5.74) is 7.65. The van der Waals surface area contributed by atoms with Gasteiger partial charge in [0.2, 0.25) is 0 Å². The van der Waals surface area contributed by atoms with Gasteiger partial charge in [-0.3, -0.25) is 4.90 Å². The minimum absolute atomic E-state index is 0.143. The van der Waals surface area contributed by atoms with Gasteiger partial charge >= 0.3 is 0 Å². The number of hydrogen-bond donors (Lipinski definition) is 3. The van der Waals surface area contributed by atoms with E-state index < -0.39 is 0 Å². The number of β-amino-alcohol motifs (C(OH)–C–C–N with tert-alkyl or cyclic N) is 1. The van der Waals surface area contributed by atoms with Gasteiger partial charge < -0.3 is 15.9 Å². The number of aliphatic hydroxyl groups excluding tert-OH is 2. The summed E-state index contributed by atoms with van der Waals surface area (Å²) < 4.78 is 0. The smallest absolute Gasteiger partial charge is 0.0671 e. The first-order valence-electron chi connectivity index (χ1n) is 6.03. The SMILES string of the molecule is Nc1cccc(CN2CC(O)CC(CO)C2)c1. The first-order valence-corrected chi connectivity index (χ1v) is 6.03. The van der Waals surface area contributed by atoms with Crippen LogP contribution in [0.4, 0.5) is 5.69 Å². The van der Waals surface area contributed by atoms with Crippen LogP contribution in [0.3, 0.4) is 0 Å². The van der Waals surface area contributed by atoms with Crippen molar-refractivity contribution in [3.8, 4) is 0 Å². The Morgan fingerprint density at radius 1 is 1.35 bits per heavy atom. The Hall–Kier alpha value is -1.10. The molecule has 1 aromatic rings. The molecule has 2 unspecified atom stereocenters. The third-order valence-electron chi connectivity index (χ3n) is 3.21. The van der Waals surface area contributed by atoms with Crippen molar-refractivity contribution >= 4 is 5.69 Å². The highest BCUT2D eigenvalue weighted by Crippen LogP contribution is 2.19. The average Bonchev–Trinajstić information content (AvgIpc) is 2.28. The molecule has 0 saturated carbocycles. The third-order valence-corrected chi connectivity index (χ3v) is 3.21. The van der Waals surface area contributed by atoms with Gasteiger partial charge in [-0.2, -0.15) is 0 Å². The summed E-state index contributed by atoms with van der Waals surface area (Å²) in [5.74, 6) is 0.180. The number of hydrogen-bond acceptors (Lipinski definition) is 4. The van der Waals surface area contributed by atoms with E-state index in [-0.39, 0.29) is 18.6 Å². The quantitative estimate of drug-likeness (QED) is 0.666. The van der Waals surface area contributed by atoms with Crippen LogP contribution in [0.2, 0.25) is 0 Å². The maximum atomic E-state index is 9.74. The average molecular weight is 236 g/mol. The Bertz CT molecular complexity index is 370.